The quantitative estimate of drug-likeness (QED) is 0.889. The van der Waals surface area contributed by atoms with Gasteiger partial charge < -0.3 is 0 Å². The summed E-state index contributed by atoms with van der Waals surface area (Å²) in [5.74, 6) is 0. The van der Waals surface area contributed by atoms with Crippen molar-refractivity contribution in [3.63, 3.8) is 0 Å². The monoisotopic (exact) mass is 349 g/mol. The minimum absolute atomic E-state index is 0.302. The van der Waals surface area contributed by atoms with E-state index < -0.39 is 15.6 Å². The van der Waals surface area contributed by atoms with Gasteiger partial charge in [0.1, 0.15) is 0 Å². The van der Waals surface area contributed by atoms with Gasteiger partial charge in [-0.15, -0.1) is 0 Å². The van der Waals surface area contributed by atoms with Crippen molar-refractivity contribution in [3.8, 4) is 0 Å². The van der Waals surface area contributed by atoms with Crippen LogP contribution in [-0.4, -0.2) is 8.42 Å². The Morgan fingerprint density at radius 1 is 1.04 bits per heavy atom. The van der Waals surface area contributed by atoms with Crippen LogP contribution >= 0.6 is 11.6 Å². The van der Waals surface area contributed by atoms with Crippen LogP contribution in [0.15, 0.2) is 53.4 Å². The number of nitrogens with one attached hydrogen (secondary N) is 1. The summed E-state index contributed by atoms with van der Waals surface area (Å²) in [7, 11) is -3.57. The molecule has 23 heavy (non-hydrogen) atoms. The molecule has 122 valence electrons. The number of sulfonamides is 1. The van der Waals surface area contributed by atoms with Gasteiger partial charge in [0.05, 0.1) is 10.4 Å². The molecule has 0 saturated heterocycles. The van der Waals surface area contributed by atoms with Crippen LogP contribution in [0.5, 0.6) is 0 Å². The molecular weight excluding hydrogens is 330 g/mol. The maximum absolute atomic E-state index is 12.8. The Morgan fingerprint density at radius 3 is 2.30 bits per heavy atom. The van der Waals surface area contributed by atoms with Gasteiger partial charge >= 0.3 is 0 Å². The van der Waals surface area contributed by atoms with E-state index >= 15 is 0 Å². The number of aryl methyl sites for hydroxylation is 1. The molecule has 1 aliphatic rings. The second-order valence-corrected chi connectivity index (χ2v) is 8.34. The fraction of sp³-hybridized carbons (Fsp3) is 0.333. The molecule has 0 bridgehead atoms. The van der Waals surface area contributed by atoms with Gasteiger partial charge in [-0.1, -0.05) is 54.3 Å². The number of hydrogen-bond acceptors (Lipinski definition) is 2. The molecule has 0 aliphatic heterocycles. The van der Waals surface area contributed by atoms with Crippen molar-refractivity contribution >= 4 is 21.6 Å². The van der Waals surface area contributed by atoms with Crippen LogP contribution in [0.3, 0.4) is 0 Å². The van der Waals surface area contributed by atoms with Gasteiger partial charge in [0, 0.05) is 5.02 Å². The molecule has 2 aromatic carbocycles. The van der Waals surface area contributed by atoms with E-state index in [-0.39, 0.29) is 0 Å². The molecule has 3 nitrogen and oxygen atoms in total. The molecule has 0 heterocycles. The Kier molecular flexibility index (Phi) is 4.50. The van der Waals surface area contributed by atoms with Gasteiger partial charge in [-0.05, 0) is 49.6 Å². The Bertz CT molecular complexity index is 794. The zero-order chi connectivity index (χ0) is 16.5. The molecule has 1 fully saturated rings. The molecule has 5 heteroatoms. The van der Waals surface area contributed by atoms with Crippen LogP contribution in [-0.2, 0) is 15.6 Å². The van der Waals surface area contributed by atoms with Crippen LogP contribution in [0, 0.1) is 6.92 Å². The normalized spacial score (nSPS) is 17.3. The Labute approximate surface area is 142 Å². The third-order valence-corrected chi connectivity index (χ3v) is 6.28. The summed E-state index contributed by atoms with van der Waals surface area (Å²) in [5.41, 5.74) is 1.42. The van der Waals surface area contributed by atoms with E-state index in [4.69, 9.17) is 11.6 Å². The predicted octanol–water partition coefficient (Wildman–Crippen LogP) is 4.40. The molecule has 0 aromatic heterocycles. The first kappa shape index (κ1) is 16.5. The predicted molar refractivity (Wildman–Crippen MR) is 93.1 cm³/mol. The SMILES string of the molecule is Cc1ccc(S(=O)(=O)NC2(c3cccc(Cl)c3)CCCC2)cc1. The second-order valence-electron chi connectivity index (χ2n) is 6.22. The zero-order valence-corrected chi connectivity index (χ0v) is 14.6. The molecule has 0 spiro atoms. The summed E-state index contributed by atoms with van der Waals surface area (Å²) in [6, 6.07) is 14.4. The maximum atomic E-state index is 12.8. The lowest BCUT2D eigenvalue weighted by Gasteiger charge is -2.31. The summed E-state index contributed by atoms with van der Waals surface area (Å²) in [4.78, 5) is 0.302. The largest absolute Gasteiger partial charge is 0.241 e. The zero-order valence-electron chi connectivity index (χ0n) is 13.0. The molecular formula is C18H20ClNO2S. The first-order valence-electron chi connectivity index (χ1n) is 7.78. The smallest absolute Gasteiger partial charge is 0.207 e. The molecule has 3 rings (SSSR count). The molecule has 1 N–H and O–H groups in total. The molecule has 2 aromatic rings. The highest BCUT2D eigenvalue weighted by Crippen LogP contribution is 2.40. The highest BCUT2D eigenvalue weighted by molar-refractivity contribution is 7.89. The highest BCUT2D eigenvalue weighted by atomic mass is 35.5. The molecule has 0 radical (unpaired) electrons. The minimum atomic E-state index is -3.57. The summed E-state index contributed by atoms with van der Waals surface area (Å²) in [6.45, 7) is 1.94. The van der Waals surface area contributed by atoms with Gasteiger partial charge in [0.15, 0.2) is 0 Å². The topological polar surface area (TPSA) is 46.2 Å². The number of halogens is 1. The van der Waals surface area contributed by atoms with E-state index in [1.54, 1.807) is 12.1 Å². The van der Waals surface area contributed by atoms with E-state index in [9.17, 15) is 8.42 Å². The van der Waals surface area contributed by atoms with Crippen molar-refractivity contribution in [1.82, 2.24) is 4.72 Å². The van der Waals surface area contributed by atoms with Crippen LogP contribution in [0.25, 0.3) is 0 Å². The van der Waals surface area contributed by atoms with E-state index in [1.807, 2.05) is 43.3 Å². The molecule has 1 saturated carbocycles. The maximum Gasteiger partial charge on any atom is 0.241 e. The van der Waals surface area contributed by atoms with Crippen LogP contribution < -0.4 is 4.72 Å². The fourth-order valence-corrected chi connectivity index (χ4v) is 4.89. The lowest BCUT2D eigenvalue weighted by atomic mass is 9.89. The average molecular weight is 350 g/mol. The molecule has 0 unspecified atom stereocenters. The second kappa shape index (κ2) is 6.27. The Morgan fingerprint density at radius 2 is 1.70 bits per heavy atom. The van der Waals surface area contributed by atoms with Gasteiger partial charge in [0.25, 0.3) is 0 Å². The van der Waals surface area contributed by atoms with E-state index in [2.05, 4.69) is 4.72 Å². The van der Waals surface area contributed by atoms with Crippen molar-refractivity contribution in [2.45, 2.75) is 43.0 Å². The van der Waals surface area contributed by atoms with Gasteiger partial charge in [-0.2, -0.15) is 0 Å². The van der Waals surface area contributed by atoms with Crippen LogP contribution in [0.4, 0.5) is 0 Å². The van der Waals surface area contributed by atoms with Crippen molar-refractivity contribution < 1.29 is 8.42 Å². The molecule has 0 amide bonds. The van der Waals surface area contributed by atoms with E-state index in [1.165, 1.54) is 0 Å². The highest BCUT2D eigenvalue weighted by Gasteiger charge is 2.39. The van der Waals surface area contributed by atoms with Crippen LogP contribution in [0.2, 0.25) is 5.02 Å². The average Bonchev–Trinajstić information content (AvgIpc) is 2.97. The third-order valence-electron chi connectivity index (χ3n) is 4.50. The lowest BCUT2D eigenvalue weighted by Crippen LogP contribution is -2.43. The Hall–Kier alpha value is -1.36. The van der Waals surface area contributed by atoms with E-state index in [0.29, 0.717) is 9.92 Å². The first-order chi connectivity index (χ1) is 10.9. The molecule has 0 atom stereocenters. The van der Waals surface area contributed by atoms with Crippen molar-refractivity contribution in [2.24, 2.45) is 0 Å². The third kappa shape index (κ3) is 3.44. The summed E-state index contributed by atoms with van der Waals surface area (Å²) < 4.78 is 28.6. The summed E-state index contributed by atoms with van der Waals surface area (Å²) >= 11 is 6.11. The lowest BCUT2D eigenvalue weighted by molar-refractivity contribution is 0.404. The van der Waals surface area contributed by atoms with Crippen molar-refractivity contribution in [1.29, 1.82) is 0 Å². The van der Waals surface area contributed by atoms with Crippen molar-refractivity contribution in [2.75, 3.05) is 0 Å². The summed E-state index contributed by atoms with van der Waals surface area (Å²) in [6.07, 6.45) is 3.59. The standard InChI is InChI=1S/C18H20ClNO2S/c1-14-7-9-17(10-8-14)23(21,22)20-18(11-2-3-12-18)15-5-4-6-16(19)13-15/h4-10,13,20H,2-3,11-12H2,1H3. The fourth-order valence-electron chi connectivity index (χ4n) is 3.25. The summed E-state index contributed by atoms with van der Waals surface area (Å²) in [5, 5.41) is 0.628. The number of benzene rings is 2. The first-order valence-corrected chi connectivity index (χ1v) is 9.64. The van der Waals surface area contributed by atoms with Gasteiger partial charge in [-0.3, -0.25) is 0 Å². The Balaban J connectivity index is 1.98. The number of rotatable bonds is 4. The van der Waals surface area contributed by atoms with E-state index in [0.717, 1.165) is 36.8 Å². The van der Waals surface area contributed by atoms with Gasteiger partial charge in [0.2, 0.25) is 10.0 Å². The van der Waals surface area contributed by atoms with Crippen LogP contribution in [0.1, 0.15) is 36.8 Å². The minimum Gasteiger partial charge on any atom is -0.207 e. The van der Waals surface area contributed by atoms with Gasteiger partial charge in [-0.25, -0.2) is 13.1 Å². The van der Waals surface area contributed by atoms with Crippen molar-refractivity contribution in [3.05, 3.63) is 64.7 Å². The molecule has 1 aliphatic carbocycles. The number of hydrogen-bond donors (Lipinski definition) is 1.